The minimum atomic E-state index is 0.349. The number of rotatable bonds is 6. The molecule has 0 aliphatic heterocycles. The summed E-state index contributed by atoms with van der Waals surface area (Å²) in [5.74, 6) is 0. The smallest absolute Gasteiger partial charge is 0.0331 e. The van der Waals surface area contributed by atoms with Gasteiger partial charge in [-0.3, -0.25) is 4.90 Å². The van der Waals surface area contributed by atoms with Crippen molar-refractivity contribution in [3.63, 3.8) is 0 Å². The molecule has 0 aromatic rings. The van der Waals surface area contributed by atoms with Gasteiger partial charge in [0.25, 0.3) is 0 Å². The molecule has 15 heavy (non-hydrogen) atoms. The van der Waals surface area contributed by atoms with Crippen LogP contribution in [0.3, 0.4) is 0 Å². The minimum absolute atomic E-state index is 0.349. The van der Waals surface area contributed by atoms with Gasteiger partial charge in [-0.15, -0.1) is 0 Å². The van der Waals surface area contributed by atoms with Gasteiger partial charge in [0.1, 0.15) is 0 Å². The molecule has 1 fully saturated rings. The van der Waals surface area contributed by atoms with Crippen LogP contribution in [0.25, 0.3) is 0 Å². The first-order chi connectivity index (χ1) is 7.29. The Hall–Kier alpha value is -0.0800. The zero-order valence-electron chi connectivity index (χ0n) is 10.6. The third kappa shape index (κ3) is 3.18. The molecule has 1 aliphatic carbocycles. The van der Waals surface area contributed by atoms with Crippen molar-refractivity contribution in [1.29, 1.82) is 0 Å². The van der Waals surface area contributed by atoms with E-state index in [0.717, 1.165) is 13.1 Å². The molecule has 0 bridgehead atoms. The molecular weight excluding hydrogens is 184 g/mol. The Labute approximate surface area is 95.2 Å². The van der Waals surface area contributed by atoms with Crippen LogP contribution in [0, 0.1) is 0 Å². The maximum atomic E-state index is 6.04. The number of hydrogen-bond donors (Lipinski definition) is 1. The Kier molecular flexibility index (Phi) is 5.62. The van der Waals surface area contributed by atoms with E-state index in [1.54, 1.807) is 0 Å². The summed E-state index contributed by atoms with van der Waals surface area (Å²) in [6.45, 7) is 7.80. The molecule has 0 aromatic heterocycles. The number of unbranched alkanes of at least 4 members (excludes halogenated alkanes) is 1. The van der Waals surface area contributed by atoms with Crippen LogP contribution in [-0.4, -0.2) is 30.1 Å². The number of likely N-dealkylation sites (N-methyl/N-ethyl adjacent to an activating group) is 1. The quantitative estimate of drug-likeness (QED) is 0.733. The highest BCUT2D eigenvalue weighted by atomic mass is 15.2. The summed E-state index contributed by atoms with van der Waals surface area (Å²) in [5.41, 5.74) is 6.39. The summed E-state index contributed by atoms with van der Waals surface area (Å²) in [6, 6.07) is 0. The van der Waals surface area contributed by atoms with Crippen molar-refractivity contribution in [1.82, 2.24) is 4.90 Å². The molecule has 0 atom stereocenters. The normalized spacial score (nSPS) is 20.8. The molecule has 90 valence electrons. The maximum absolute atomic E-state index is 6.04. The second-order valence-corrected chi connectivity index (χ2v) is 4.92. The summed E-state index contributed by atoms with van der Waals surface area (Å²) in [7, 11) is 0. The van der Waals surface area contributed by atoms with Crippen LogP contribution in [0.1, 0.15) is 58.8 Å². The molecule has 2 N–H and O–H groups in total. The van der Waals surface area contributed by atoms with Crippen LogP contribution < -0.4 is 5.73 Å². The molecule has 0 saturated heterocycles. The average Bonchev–Trinajstić information content (AvgIpc) is 2.31. The lowest BCUT2D eigenvalue weighted by Crippen LogP contribution is -2.55. The molecule has 1 saturated carbocycles. The summed E-state index contributed by atoms with van der Waals surface area (Å²) in [6.07, 6.45) is 9.40. The molecule has 1 aliphatic rings. The van der Waals surface area contributed by atoms with Crippen LogP contribution in [0.4, 0.5) is 0 Å². The molecule has 0 heterocycles. The monoisotopic (exact) mass is 212 g/mol. The Morgan fingerprint density at radius 3 is 2.27 bits per heavy atom. The molecule has 0 aromatic carbocycles. The van der Waals surface area contributed by atoms with Gasteiger partial charge in [0.2, 0.25) is 0 Å². The van der Waals surface area contributed by atoms with E-state index in [9.17, 15) is 0 Å². The van der Waals surface area contributed by atoms with Crippen molar-refractivity contribution in [2.24, 2.45) is 5.73 Å². The molecule has 0 amide bonds. The van der Waals surface area contributed by atoms with Gasteiger partial charge >= 0.3 is 0 Å². The van der Waals surface area contributed by atoms with Gasteiger partial charge in [-0.1, -0.05) is 39.5 Å². The lowest BCUT2D eigenvalue weighted by Gasteiger charge is -2.45. The fourth-order valence-corrected chi connectivity index (χ4v) is 2.94. The minimum Gasteiger partial charge on any atom is -0.329 e. The Morgan fingerprint density at radius 1 is 1.13 bits per heavy atom. The topological polar surface area (TPSA) is 29.3 Å². The van der Waals surface area contributed by atoms with E-state index < -0.39 is 0 Å². The van der Waals surface area contributed by atoms with Gasteiger partial charge in [0, 0.05) is 12.1 Å². The van der Waals surface area contributed by atoms with Gasteiger partial charge in [-0.05, 0) is 32.4 Å². The Balaban J connectivity index is 2.58. The number of nitrogens with zero attached hydrogens (tertiary/aromatic N) is 1. The predicted octanol–water partition coefficient (Wildman–Crippen LogP) is 2.77. The summed E-state index contributed by atoms with van der Waals surface area (Å²) in [5, 5.41) is 0. The standard InChI is InChI=1S/C13H28N2/c1-3-5-11-15(4-2)13(12-14)9-7-6-8-10-13/h3-12,14H2,1-2H3. The van der Waals surface area contributed by atoms with E-state index in [1.165, 1.54) is 51.5 Å². The van der Waals surface area contributed by atoms with E-state index in [2.05, 4.69) is 18.7 Å². The molecule has 0 spiro atoms. The Morgan fingerprint density at radius 2 is 1.80 bits per heavy atom. The van der Waals surface area contributed by atoms with Crippen LogP contribution in [0.15, 0.2) is 0 Å². The average molecular weight is 212 g/mol. The first kappa shape index (κ1) is 13.0. The van der Waals surface area contributed by atoms with Crippen molar-refractivity contribution >= 4 is 0 Å². The highest BCUT2D eigenvalue weighted by Gasteiger charge is 2.35. The largest absolute Gasteiger partial charge is 0.329 e. The van der Waals surface area contributed by atoms with Crippen LogP contribution in [0.5, 0.6) is 0 Å². The zero-order valence-corrected chi connectivity index (χ0v) is 10.6. The Bertz CT molecular complexity index is 162. The molecule has 0 radical (unpaired) electrons. The second kappa shape index (κ2) is 6.49. The fourth-order valence-electron chi connectivity index (χ4n) is 2.94. The second-order valence-electron chi connectivity index (χ2n) is 4.92. The zero-order chi connectivity index (χ0) is 11.1. The van der Waals surface area contributed by atoms with E-state index in [0.29, 0.717) is 5.54 Å². The van der Waals surface area contributed by atoms with Crippen molar-refractivity contribution in [3.05, 3.63) is 0 Å². The number of hydrogen-bond acceptors (Lipinski definition) is 2. The lowest BCUT2D eigenvalue weighted by molar-refractivity contribution is 0.0606. The van der Waals surface area contributed by atoms with Crippen LogP contribution in [0.2, 0.25) is 0 Å². The van der Waals surface area contributed by atoms with Crippen molar-refractivity contribution in [2.75, 3.05) is 19.6 Å². The number of nitrogens with two attached hydrogens (primary N) is 1. The SMILES string of the molecule is CCCCN(CC)C1(CN)CCCCC1. The third-order valence-corrected chi connectivity index (χ3v) is 4.00. The molecule has 2 heteroatoms. The van der Waals surface area contributed by atoms with E-state index >= 15 is 0 Å². The van der Waals surface area contributed by atoms with Crippen molar-refractivity contribution in [2.45, 2.75) is 64.3 Å². The summed E-state index contributed by atoms with van der Waals surface area (Å²) < 4.78 is 0. The van der Waals surface area contributed by atoms with Gasteiger partial charge in [-0.2, -0.15) is 0 Å². The molecular formula is C13H28N2. The van der Waals surface area contributed by atoms with E-state index in [4.69, 9.17) is 5.73 Å². The van der Waals surface area contributed by atoms with Crippen molar-refractivity contribution < 1.29 is 0 Å². The van der Waals surface area contributed by atoms with Gasteiger partial charge in [-0.25, -0.2) is 0 Å². The van der Waals surface area contributed by atoms with Crippen LogP contribution in [-0.2, 0) is 0 Å². The maximum Gasteiger partial charge on any atom is 0.0331 e. The predicted molar refractivity (Wildman–Crippen MR) is 67.0 cm³/mol. The highest BCUT2D eigenvalue weighted by molar-refractivity contribution is 4.93. The van der Waals surface area contributed by atoms with E-state index in [-0.39, 0.29) is 0 Å². The fraction of sp³-hybridized carbons (Fsp3) is 1.00. The van der Waals surface area contributed by atoms with Gasteiger partial charge in [0.15, 0.2) is 0 Å². The molecule has 0 unspecified atom stereocenters. The van der Waals surface area contributed by atoms with Crippen LogP contribution >= 0.6 is 0 Å². The highest BCUT2D eigenvalue weighted by Crippen LogP contribution is 2.32. The van der Waals surface area contributed by atoms with Gasteiger partial charge in [0.05, 0.1) is 0 Å². The molecule has 2 nitrogen and oxygen atoms in total. The van der Waals surface area contributed by atoms with E-state index in [1.807, 2.05) is 0 Å². The summed E-state index contributed by atoms with van der Waals surface area (Å²) >= 11 is 0. The lowest BCUT2D eigenvalue weighted by atomic mass is 9.80. The first-order valence-electron chi connectivity index (χ1n) is 6.74. The third-order valence-electron chi connectivity index (χ3n) is 4.00. The molecule has 1 rings (SSSR count). The van der Waals surface area contributed by atoms with Crippen molar-refractivity contribution in [3.8, 4) is 0 Å². The first-order valence-corrected chi connectivity index (χ1v) is 6.74. The van der Waals surface area contributed by atoms with Gasteiger partial charge < -0.3 is 5.73 Å². The summed E-state index contributed by atoms with van der Waals surface area (Å²) in [4.78, 5) is 2.65.